The first kappa shape index (κ1) is 14.0. The van der Waals surface area contributed by atoms with Crippen LogP contribution in [0.2, 0.25) is 0 Å². The Labute approximate surface area is 114 Å². The molecule has 2 unspecified atom stereocenters. The number of benzene rings is 1. The highest BCUT2D eigenvalue weighted by atomic mass is 16.5. The largest absolute Gasteiger partial charge is 0.377 e. The Morgan fingerprint density at radius 3 is 2.74 bits per heavy atom. The Hall–Kier alpha value is -1.45. The molecular formula is C16H22N2O. The summed E-state index contributed by atoms with van der Waals surface area (Å²) < 4.78 is 5.79. The number of nitrogens with zero attached hydrogens (tertiary/aromatic N) is 1. The molecule has 0 radical (unpaired) electrons. The van der Waals surface area contributed by atoms with E-state index in [9.17, 15) is 0 Å². The summed E-state index contributed by atoms with van der Waals surface area (Å²) in [5.74, 6) is 0. The van der Waals surface area contributed by atoms with E-state index in [4.69, 9.17) is 10.5 Å². The smallest absolute Gasteiger partial charge is 0.0768 e. The molecule has 0 saturated heterocycles. The zero-order valence-electron chi connectivity index (χ0n) is 11.7. The van der Waals surface area contributed by atoms with Crippen molar-refractivity contribution in [1.29, 1.82) is 0 Å². The molecule has 0 saturated carbocycles. The maximum atomic E-state index is 6.41. The SMILES string of the molecule is CCCC(OCC)C(N)c1cncc2ccccc12. The van der Waals surface area contributed by atoms with E-state index >= 15 is 0 Å². The van der Waals surface area contributed by atoms with Crippen LogP contribution >= 0.6 is 0 Å². The minimum Gasteiger partial charge on any atom is -0.377 e. The van der Waals surface area contributed by atoms with Crippen LogP contribution in [-0.4, -0.2) is 17.7 Å². The van der Waals surface area contributed by atoms with Gasteiger partial charge >= 0.3 is 0 Å². The van der Waals surface area contributed by atoms with Gasteiger partial charge in [0.2, 0.25) is 0 Å². The third kappa shape index (κ3) is 3.11. The molecule has 19 heavy (non-hydrogen) atoms. The fraction of sp³-hybridized carbons (Fsp3) is 0.438. The molecule has 2 N–H and O–H groups in total. The van der Waals surface area contributed by atoms with Gasteiger partial charge in [-0.25, -0.2) is 0 Å². The lowest BCUT2D eigenvalue weighted by atomic mass is 9.96. The monoisotopic (exact) mass is 258 g/mol. The number of hydrogen-bond donors (Lipinski definition) is 1. The van der Waals surface area contributed by atoms with Gasteiger partial charge in [0.15, 0.2) is 0 Å². The van der Waals surface area contributed by atoms with Crippen LogP contribution in [0.25, 0.3) is 10.8 Å². The molecule has 1 heterocycles. The summed E-state index contributed by atoms with van der Waals surface area (Å²) in [5.41, 5.74) is 7.49. The minimum absolute atomic E-state index is 0.0580. The molecule has 1 aromatic carbocycles. The average Bonchev–Trinajstić information content (AvgIpc) is 2.46. The van der Waals surface area contributed by atoms with E-state index in [0.29, 0.717) is 6.61 Å². The highest BCUT2D eigenvalue weighted by Gasteiger charge is 2.21. The Kier molecular flexibility index (Phi) is 4.88. The first-order valence-corrected chi connectivity index (χ1v) is 6.97. The van der Waals surface area contributed by atoms with Crippen molar-refractivity contribution in [2.24, 2.45) is 5.73 Å². The van der Waals surface area contributed by atoms with Crippen molar-refractivity contribution in [3.8, 4) is 0 Å². The summed E-state index contributed by atoms with van der Waals surface area (Å²) in [6.45, 7) is 4.85. The number of ether oxygens (including phenoxy) is 1. The van der Waals surface area contributed by atoms with Crippen LogP contribution in [0.4, 0.5) is 0 Å². The summed E-state index contributed by atoms with van der Waals surface area (Å²) >= 11 is 0. The molecule has 0 amide bonds. The van der Waals surface area contributed by atoms with Gasteiger partial charge in [0.1, 0.15) is 0 Å². The second-order valence-corrected chi connectivity index (χ2v) is 4.76. The van der Waals surface area contributed by atoms with Crippen molar-refractivity contribution in [2.75, 3.05) is 6.61 Å². The number of aromatic nitrogens is 1. The second-order valence-electron chi connectivity index (χ2n) is 4.76. The summed E-state index contributed by atoms with van der Waals surface area (Å²) in [7, 11) is 0. The molecule has 2 aromatic rings. The summed E-state index contributed by atoms with van der Waals surface area (Å²) in [5, 5.41) is 2.30. The van der Waals surface area contributed by atoms with Gasteiger partial charge in [-0.2, -0.15) is 0 Å². The molecule has 102 valence electrons. The molecule has 2 atom stereocenters. The van der Waals surface area contributed by atoms with Crippen molar-refractivity contribution in [1.82, 2.24) is 4.98 Å². The lowest BCUT2D eigenvalue weighted by Gasteiger charge is -2.24. The van der Waals surface area contributed by atoms with Crippen LogP contribution < -0.4 is 5.73 Å². The van der Waals surface area contributed by atoms with Crippen LogP contribution in [0.15, 0.2) is 36.7 Å². The number of hydrogen-bond acceptors (Lipinski definition) is 3. The highest BCUT2D eigenvalue weighted by Crippen LogP contribution is 2.26. The fourth-order valence-electron chi connectivity index (χ4n) is 2.47. The Bertz CT molecular complexity index is 516. The van der Waals surface area contributed by atoms with Gasteiger partial charge in [-0.1, -0.05) is 37.6 Å². The van der Waals surface area contributed by atoms with E-state index < -0.39 is 0 Å². The Morgan fingerprint density at radius 2 is 2.00 bits per heavy atom. The molecule has 1 aromatic heterocycles. The number of fused-ring (bicyclic) bond motifs is 1. The van der Waals surface area contributed by atoms with Crippen molar-refractivity contribution < 1.29 is 4.74 Å². The van der Waals surface area contributed by atoms with Gasteiger partial charge in [0, 0.05) is 24.4 Å². The number of nitrogens with two attached hydrogens (primary N) is 1. The van der Waals surface area contributed by atoms with E-state index in [-0.39, 0.29) is 12.1 Å². The van der Waals surface area contributed by atoms with Crippen molar-refractivity contribution in [2.45, 2.75) is 38.8 Å². The highest BCUT2D eigenvalue weighted by molar-refractivity contribution is 5.85. The predicted octanol–water partition coefficient (Wildman–Crippen LogP) is 3.44. The standard InChI is InChI=1S/C16H22N2O/c1-3-7-15(19-4-2)16(17)14-11-18-10-12-8-5-6-9-13(12)14/h5-6,8-11,15-16H,3-4,7,17H2,1-2H3. The molecular weight excluding hydrogens is 236 g/mol. The maximum absolute atomic E-state index is 6.41. The van der Waals surface area contributed by atoms with E-state index in [1.165, 1.54) is 5.39 Å². The number of pyridine rings is 1. The third-order valence-corrected chi connectivity index (χ3v) is 3.41. The molecule has 0 bridgehead atoms. The van der Waals surface area contributed by atoms with Gasteiger partial charge in [-0.05, 0) is 24.3 Å². The lowest BCUT2D eigenvalue weighted by Crippen LogP contribution is -2.29. The normalized spacial score (nSPS) is 14.5. The first-order valence-electron chi connectivity index (χ1n) is 6.97. The minimum atomic E-state index is -0.126. The Balaban J connectivity index is 2.36. The van der Waals surface area contributed by atoms with Gasteiger partial charge in [-0.15, -0.1) is 0 Å². The second kappa shape index (κ2) is 6.64. The molecule has 0 aliphatic carbocycles. The molecule has 0 fully saturated rings. The van der Waals surface area contributed by atoms with Gasteiger partial charge < -0.3 is 10.5 Å². The van der Waals surface area contributed by atoms with Crippen LogP contribution in [0.5, 0.6) is 0 Å². The summed E-state index contributed by atoms with van der Waals surface area (Å²) in [6, 6.07) is 8.09. The molecule has 0 aliphatic rings. The van der Waals surface area contributed by atoms with E-state index in [0.717, 1.165) is 23.8 Å². The summed E-state index contributed by atoms with van der Waals surface area (Å²) in [4.78, 5) is 4.30. The quantitative estimate of drug-likeness (QED) is 0.863. The maximum Gasteiger partial charge on any atom is 0.0768 e. The van der Waals surface area contributed by atoms with Crippen molar-refractivity contribution in [3.63, 3.8) is 0 Å². The zero-order valence-corrected chi connectivity index (χ0v) is 11.7. The van der Waals surface area contributed by atoms with Gasteiger partial charge in [0.25, 0.3) is 0 Å². The molecule has 3 heteroatoms. The molecule has 0 aliphatic heterocycles. The number of rotatable bonds is 6. The van der Waals surface area contributed by atoms with Crippen LogP contribution in [0.1, 0.15) is 38.3 Å². The van der Waals surface area contributed by atoms with E-state index in [2.05, 4.69) is 24.0 Å². The zero-order chi connectivity index (χ0) is 13.7. The lowest BCUT2D eigenvalue weighted by molar-refractivity contribution is 0.0377. The molecule has 2 rings (SSSR count). The first-order chi connectivity index (χ1) is 9.27. The molecule has 3 nitrogen and oxygen atoms in total. The predicted molar refractivity (Wildman–Crippen MR) is 79.0 cm³/mol. The van der Waals surface area contributed by atoms with Crippen LogP contribution in [-0.2, 0) is 4.74 Å². The van der Waals surface area contributed by atoms with E-state index in [1.54, 1.807) is 0 Å². The molecule has 0 spiro atoms. The fourth-order valence-corrected chi connectivity index (χ4v) is 2.47. The Morgan fingerprint density at radius 1 is 1.21 bits per heavy atom. The van der Waals surface area contributed by atoms with Gasteiger partial charge in [-0.3, -0.25) is 4.98 Å². The van der Waals surface area contributed by atoms with Crippen molar-refractivity contribution >= 4 is 10.8 Å². The topological polar surface area (TPSA) is 48.1 Å². The van der Waals surface area contributed by atoms with Crippen LogP contribution in [0.3, 0.4) is 0 Å². The van der Waals surface area contributed by atoms with Gasteiger partial charge in [0.05, 0.1) is 12.1 Å². The van der Waals surface area contributed by atoms with Crippen molar-refractivity contribution in [3.05, 3.63) is 42.2 Å². The summed E-state index contributed by atoms with van der Waals surface area (Å²) in [6.07, 6.45) is 5.84. The van der Waals surface area contributed by atoms with Crippen LogP contribution in [0, 0.1) is 0 Å². The van der Waals surface area contributed by atoms with E-state index in [1.807, 2.05) is 31.5 Å². The average molecular weight is 258 g/mol. The third-order valence-electron chi connectivity index (χ3n) is 3.41.